The van der Waals surface area contributed by atoms with Crippen molar-refractivity contribution in [1.29, 1.82) is 0 Å². The zero-order valence-corrected chi connectivity index (χ0v) is 16.3. The van der Waals surface area contributed by atoms with E-state index in [1.807, 2.05) is 33.7 Å². The van der Waals surface area contributed by atoms with Crippen LogP contribution in [0, 0.1) is 4.77 Å². The Morgan fingerprint density at radius 2 is 2.00 bits per heavy atom. The fourth-order valence-corrected chi connectivity index (χ4v) is 3.63. The van der Waals surface area contributed by atoms with Crippen molar-refractivity contribution < 1.29 is 9.53 Å². The Morgan fingerprint density at radius 1 is 1.30 bits per heavy atom. The van der Waals surface area contributed by atoms with Crippen molar-refractivity contribution in [2.24, 2.45) is 0 Å². The van der Waals surface area contributed by atoms with E-state index in [-0.39, 0.29) is 5.91 Å². The molecule has 0 radical (unpaired) electrons. The molecule has 8 nitrogen and oxygen atoms in total. The number of nitrogens with zero attached hydrogens (tertiary/aromatic N) is 6. The van der Waals surface area contributed by atoms with E-state index in [4.69, 9.17) is 22.1 Å². The molecule has 1 amide bonds. The van der Waals surface area contributed by atoms with Gasteiger partial charge in [-0.2, -0.15) is 5.10 Å². The zero-order valence-electron chi connectivity index (χ0n) is 15.5. The van der Waals surface area contributed by atoms with Gasteiger partial charge in [0, 0.05) is 37.1 Å². The van der Waals surface area contributed by atoms with E-state index in [1.165, 1.54) is 0 Å². The van der Waals surface area contributed by atoms with E-state index in [0.717, 1.165) is 24.2 Å². The standard InChI is InChI=1S/C18H24N6O2S/c1-21(12-16(25)22-8-10-26-11-9-22)13-23-18(27)24(15-2-3-15)17(20-23)14-4-6-19-7-5-14/h4-7,15H,2-3,8-13H2,1H3. The van der Waals surface area contributed by atoms with E-state index >= 15 is 0 Å². The van der Waals surface area contributed by atoms with Gasteiger partial charge in [-0.25, -0.2) is 4.68 Å². The van der Waals surface area contributed by atoms with Gasteiger partial charge >= 0.3 is 0 Å². The van der Waals surface area contributed by atoms with Crippen LogP contribution in [-0.2, 0) is 16.2 Å². The Morgan fingerprint density at radius 3 is 2.67 bits per heavy atom. The first-order valence-electron chi connectivity index (χ1n) is 9.27. The normalized spacial score (nSPS) is 17.5. The number of hydrogen-bond acceptors (Lipinski definition) is 6. The molecule has 2 aliphatic rings. The number of pyridine rings is 1. The molecule has 0 atom stereocenters. The van der Waals surface area contributed by atoms with Crippen LogP contribution in [0.1, 0.15) is 18.9 Å². The smallest absolute Gasteiger partial charge is 0.236 e. The molecular formula is C18H24N6O2S. The monoisotopic (exact) mass is 388 g/mol. The summed E-state index contributed by atoms with van der Waals surface area (Å²) in [5.41, 5.74) is 1.01. The summed E-state index contributed by atoms with van der Waals surface area (Å²) in [7, 11) is 1.92. The van der Waals surface area contributed by atoms with Gasteiger partial charge in [-0.3, -0.25) is 19.2 Å². The van der Waals surface area contributed by atoms with Crippen molar-refractivity contribution in [2.75, 3.05) is 39.9 Å². The lowest BCUT2D eigenvalue weighted by molar-refractivity contribution is -0.136. The van der Waals surface area contributed by atoms with Crippen LogP contribution in [-0.4, -0.2) is 74.9 Å². The maximum Gasteiger partial charge on any atom is 0.236 e. The maximum atomic E-state index is 12.5. The first-order valence-corrected chi connectivity index (χ1v) is 9.68. The summed E-state index contributed by atoms with van der Waals surface area (Å²) < 4.78 is 9.97. The SMILES string of the molecule is CN(CC(=O)N1CCOCC1)Cn1nc(-c2ccncc2)n(C2CC2)c1=S. The van der Waals surface area contributed by atoms with Crippen LogP contribution in [0.5, 0.6) is 0 Å². The number of aromatic nitrogens is 4. The van der Waals surface area contributed by atoms with Crippen molar-refractivity contribution in [3.05, 3.63) is 29.3 Å². The van der Waals surface area contributed by atoms with Crippen molar-refractivity contribution in [2.45, 2.75) is 25.6 Å². The Bertz CT molecular complexity index is 854. The summed E-state index contributed by atoms with van der Waals surface area (Å²) in [6.45, 7) is 3.36. The molecule has 2 fully saturated rings. The van der Waals surface area contributed by atoms with E-state index in [9.17, 15) is 4.79 Å². The van der Waals surface area contributed by atoms with Crippen molar-refractivity contribution in [1.82, 2.24) is 29.1 Å². The second-order valence-corrected chi connectivity index (χ2v) is 7.46. The highest BCUT2D eigenvalue weighted by atomic mass is 32.1. The van der Waals surface area contributed by atoms with Crippen LogP contribution in [0.3, 0.4) is 0 Å². The Kier molecular flexibility index (Phi) is 5.33. The minimum absolute atomic E-state index is 0.114. The van der Waals surface area contributed by atoms with Gasteiger partial charge in [0.2, 0.25) is 5.91 Å². The first-order chi connectivity index (χ1) is 13.1. The lowest BCUT2D eigenvalue weighted by Gasteiger charge is -2.28. The third-order valence-electron chi connectivity index (χ3n) is 4.87. The highest BCUT2D eigenvalue weighted by Crippen LogP contribution is 2.38. The summed E-state index contributed by atoms with van der Waals surface area (Å²) >= 11 is 5.70. The van der Waals surface area contributed by atoms with E-state index in [1.54, 1.807) is 12.4 Å². The average molecular weight is 388 g/mol. The maximum absolute atomic E-state index is 12.5. The summed E-state index contributed by atoms with van der Waals surface area (Å²) in [5.74, 6) is 0.987. The Labute approximate surface area is 163 Å². The molecule has 0 unspecified atom stereocenters. The van der Waals surface area contributed by atoms with Crippen molar-refractivity contribution in [3.63, 3.8) is 0 Å². The van der Waals surface area contributed by atoms with Crippen LogP contribution in [0.15, 0.2) is 24.5 Å². The van der Waals surface area contributed by atoms with Gasteiger partial charge in [0.25, 0.3) is 0 Å². The summed E-state index contributed by atoms with van der Waals surface area (Å²) in [5, 5.41) is 4.76. The van der Waals surface area contributed by atoms with Gasteiger partial charge in [0.15, 0.2) is 10.6 Å². The molecule has 0 aromatic carbocycles. The molecule has 0 bridgehead atoms. The third-order valence-corrected chi connectivity index (χ3v) is 5.27. The molecule has 0 N–H and O–H groups in total. The van der Waals surface area contributed by atoms with E-state index < -0.39 is 0 Å². The van der Waals surface area contributed by atoms with Crippen molar-refractivity contribution >= 4 is 18.1 Å². The van der Waals surface area contributed by atoms with Crippen LogP contribution in [0.25, 0.3) is 11.4 Å². The Balaban J connectivity index is 1.50. The van der Waals surface area contributed by atoms with Crippen LogP contribution < -0.4 is 0 Å². The molecule has 1 saturated heterocycles. The number of ether oxygens (including phenoxy) is 1. The number of carbonyl (C=O) groups is 1. The Hall–Kier alpha value is -2.10. The van der Waals surface area contributed by atoms with Gasteiger partial charge in [-0.05, 0) is 44.2 Å². The van der Waals surface area contributed by atoms with Crippen LogP contribution >= 0.6 is 12.2 Å². The molecular weight excluding hydrogens is 364 g/mol. The first kappa shape index (κ1) is 18.3. The molecule has 3 heterocycles. The minimum atomic E-state index is 0.114. The molecule has 2 aromatic heterocycles. The number of rotatable bonds is 6. The molecule has 9 heteroatoms. The average Bonchev–Trinajstić information content (AvgIpc) is 3.48. The van der Waals surface area contributed by atoms with Gasteiger partial charge in [0.05, 0.1) is 26.4 Å². The van der Waals surface area contributed by atoms with Gasteiger partial charge in [-0.15, -0.1) is 0 Å². The number of likely N-dealkylation sites (N-methyl/N-ethyl adjacent to an activating group) is 1. The van der Waals surface area contributed by atoms with E-state index in [0.29, 0.717) is 50.3 Å². The summed E-state index contributed by atoms with van der Waals surface area (Å²) in [6.07, 6.45) is 5.79. The third kappa shape index (κ3) is 4.10. The second-order valence-electron chi connectivity index (χ2n) is 7.09. The zero-order chi connectivity index (χ0) is 18.8. The largest absolute Gasteiger partial charge is 0.378 e. The van der Waals surface area contributed by atoms with Crippen LogP contribution in [0.2, 0.25) is 0 Å². The second kappa shape index (κ2) is 7.87. The van der Waals surface area contributed by atoms with Gasteiger partial charge in [-0.1, -0.05) is 0 Å². The fourth-order valence-electron chi connectivity index (χ4n) is 3.29. The predicted molar refractivity (Wildman–Crippen MR) is 103 cm³/mol. The fraction of sp³-hybridized carbons (Fsp3) is 0.556. The number of amides is 1. The quantitative estimate of drug-likeness (QED) is 0.700. The topological polar surface area (TPSA) is 68.4 Å². The summed E-state index contributed by atoms with van der Waals surface area (Å²) in [6, 6.07) is 4.33. The number of carbonyl (C=O) groups excluding carboxylic acids is 1. The molecule has 1 aliphatic carbocycles. The molecule has 1 aliphatic heterocycles. The minimum Gasteiger partial charge on any atom is -0.378 e. The lowest BCUT2D eigenvalue weighted by atomic mass is 10.2. The lowest BCUT2D eigenvalue weighted by Crippen LogP contribution is -2.45. The highest BCUT2D eigenvalue weighted by molar-refractivity contribution is 7.71. The van der Waals surface area contributed by atoms with Gasteiger partial charge in [0.1, 0.15) is 0 Å². The molecule has 4 rings (SSSR count). The van der Waals surface area contributed by atoms with Crippen LogP contribution in [0.4, 0.5) is 0 Å². The number of morpholine rings is 1. The highest BCUT2D eigenvalue weighted by Gasteiger charge is 2.29. The molecule has 144 valence electrons. The molecule has 1 saturated carbocycles. The molecule has 0 spiro atoms. The van der Waals surface area contributed by atoms with Gasteiger partial charge < -0.3 is 9.64 Å². The molecule has 2 aromatic rings. The summed E-state index contributed by atoms with van der Waals surface area (Å²) in [4.78, 5) is 20.3. The number of hydrogen-bond donors (Lipinski definition) is 0. The van der Waals surface area contributed by atoms with E-state index in [2.05, 4.69) is 9.55 Å². The molecule has 27 heavy (non-hydrogen) atoms. The predicted octanol–water partition coefficient (Wildman–Crippen LogP) is 1.56. The van der Waals surface area contributed by atoms with Crippen molar-refractivity contribution in [3.8, 4) is 11.4 Å².